The summed E-state index contributed by atoms with van der Waals surface area (Å²) in [5, 5.41) is 19.5. The van der Waals surface area contributed by atoms with E-state index in [2.05, 4.69) is 47.8 Å². The highest BCUT2D eigenvalue weighted by molar-refractivity contribution is 7.44. The van der Waals surface area contributed by atoms with Crippen LogP contribution in [-0.4, -0.2) is 321 Å². The first-order valence-corrected chi connectivity index (χ1v) is 43.0. The number of amides is 7. The van der Waals surface area contributed by atoms with E-state index in [1.807, 2.05) is 27.7 Å². The topological polar surface area (TPSA) is 545 Å². The molecule has 0 bridgehead atoms. The zero-order chi connectivity index (χ0) is 93.8. The van der Waals surface area contributed by atoms with E-state index in [1.54, 1.807) is 0 Å². The molecule has 1 aliphatic carbocycles. The van der Waals surface area contributed by atoms with Gasteiger partial charge in [-0.3, -0.25) is 76.7 Å². The van der Waals surface area contributed by atoms with Crippen LogP contribution >= 0.6 is 8.53 Å². The first-order chi connectivity index (χ1) is 59.6. The summed E-state index contributed by atoms with van der Waals surface area (Å²) in [6.07, 6.45) is -10.1. The lowest BCUT2D eigenvalue weighted by atomic mass is 9.81. The molecule has 1 saturated carbocycles. The first-order valence-electron chi connectivity index (χ1n) is 41.9. The Balaban J connectivity index is 1.60. The molecule has 0 spiro atoms. The van der Waals surface area contributed by atoms with Crippen LogP contribution in [0.3, 0.4) is 0 Å². The maximum absolute atomic E-state index is 15.0. The minimum absolute atomic E-state index is 0.0424. The van der Waals surface area contributed by atoms with Gasteiger partial charge in [0.25, 0.3) is 8.53 Å². The molecule has 4 rings (SSSR count). The number of rotatable bonds is 55. The summed E-state index contributed by atoms with van der Waals surface area (Å²) in [6, 6.07) is -3.68. The van der Waals surface area contributed by atoms with Crippen molar-refractivity contribution in [3.63, 3.8) is 0 Å². The Hall–Kier alpha value is -8.97. The van der Waals surface area contributed by atoms with Crippen LogP contribution in [-0.2, 0) is 171 Å². The van der Waals surface area contributed by atoms with Crippen molar-refractivity contribution in [1.82, 2.24) is 41.9 Å². The van der Waals surface area contributed by atoms with Crippen molar-refractivity contribution in [3.8, 4) is 12.3 Å². The molecule has 0 aromatic heterocycles. The van der Waals surface area contributed by atoms with Gasteiger partial charge < -0.3 is 132 Å². The molecule has 4 aliphatic rings. The number of terminal acetylenes is 1. The second kappa shape index (κ2) is 57.8. The van der Waals surface area contributed by atoms with Crippen LogP contribution in [0, 0.1) is 18.3 Å². The Kier molecular flexibility index (Phi) is 50.1. The molecule has 7 amide bonds. The number of nitrogens with zero attached hydrogens (tertiary/aromatic N) is 1. The molecule has 44 nitrogen and oxygen atoms in total. The number of carbonyl (C=O) groups is 16. The van der Waals surface area contributed by atoms with E-state index in [0.29, 0.717) is 32.1 Å². The number of ether oxygens (including phenoxy) is 18. The van der Waals surface area contributed by atoms with Crippen LogP contribution in [0.5, 0.6) is 0 Å². The number of nitrogens with one attached hydrogen (secondary N) is 7. The molecule has 4 fully saturated rings. The van der Waals surface area contributed by atoms with Crippen LogP contribution in [0.25, 0.3) is 0 Å². The Labute approximate surface area is 734 Å². The molecule has 714 valence electrons. The van der Waals surface area contributed by atoms with Crippen molar-refractivity contribution in [2.45, 2.75) is 297 Å². The molecule has 0 aromatic carbocycles. The fourth-order valence-corrected chi connectivity index (χ4v) is 15.9. The summed E-state index contributed by atoms with van der Waals surface area (Å²) in [5.74, 6) is -8.73. The molecular weight excluding hydrogens is 1690 g/mol. The standard InChI is InChI=1S/C81H129N8O36P/c1-18-19-33-115-126(89(46(2)3)47(4)5)125-61-22-20-60(21-23-61)77(105)88-81(27-24-65(102)82-30-34-106-37-40-109-78-68(85-48(6)90)74(119-57(15)99)71(116-54(12)96)62(122-78)43-112-51(9)93,28-25-66(103)83-31-35-107-38-41-110-79-69(86-49(7)91)75(120-58(16)100)72(117-55(13)97)63(123-79)44-113-52(10)94)29-26-67(104)84-32-36-108-39-42-111-80-70(87-50(8)92)76(121-59(17)101)73(118-56(14)98)64(124-80)45-114-53(11)95/h1,46-47,60-64,68-76,78-80H,19-45H2,2-17H3,(H,82,102)(H,83,103)(H,84,104)(H,85,90)(H,86,91)(H,87,92)(H,88,105). The molecule has 0 aromatic rings. The van der Waals surface area contributed by atoms with Gasteiger partial charge in [-0.15, -0.1) is 12.3 Å². The van der Waals surface area contributed by atoms with Crippen molar-refractivity contribution in [3.05, 3.63) is 0 Å². The smallest absolute Gasteiger partial charge is 0.303 e. The number of hydrogen-bond donors (Lipinski definition) is 7. The fourth-order valence-electron chi connectivity index (χ4n) is 14.2. The Morgan fingerprint density at radius 2 is 0.706 bits per heavy atom. The summed E-state index contributed by atoms with van der Waals surface area (Å²) in [7, 11) is -1.58. The van der Waals surface area contributed by atoms with E-state index in [1.165, 1.54) is 20.8 Å². The molecule has 16 atom stereocenters. The minimum Gasteiger partial charge on any atom is -0.463 e. The Bertz CT molecular complexity index is 3280. The Morgan fingerprint density at radius 1 is 0.405 bits per heavy atom. The lowest BCUT2D eigenvalue weighted by molar-refractivity contribution is -0.279. The number of esters is 9. The average molecular weight is 1820 g/mol. The minimum atomic E-state index is -1.58. The van der Waals surface area contributed by atoms with E-state index in [4.69, 9.17) is 101 Å². The van der Waals surface area contributed by atoms with Crippen molar-refractivity contribution in [1.29, 1.82) is 0 Å². The van der Waals surface area contributed by atoms with Crippen LogP contribution < -0.4 is 37.2 Å². The van der Waals surface area contributed by atoms with Crippen molar-refractivity contribution in [2.75, 3.05) is 106 Å². The van der Waals surface area contributed by atoms with Crippen LogP contribution in [0.4, 0.5) is 0 Å². The lowest BCUT2D eigenvalue weighted by Crippen LogP contribution is -2.66. The van der Waals surface area contributed by atoms with Gasteiger partial charge in [0.05, 0.1) is 72.2 Å². The van der Waals surface area contributed by atoms with Gasteiger partial charge in [-0.1, -0.05) is 0 Å². The normalized spacial score (nSPS) is 24.7. The van der Waals surface area contributed by atoms with Gasteiger partial charge in [0.15, 0.2) is 55.5 Å². The Morgan fingerprint density at radius 3 is 0.976 bits per heavy atom. The third kappa shape index (κ3) is 41.4. The van der Waals surface area contributed by atoms with Gasteiger partial charge >= 0.3 is 53.7 Å². The zero-order valence-electron chi connectivity index (χ0n) is 74.7. The quantitative estimate of drug-likeness (QED) is 0.0144. The van der Waals surface area contributed by atoms with E-state index >= 15 is 4.79 Å². The maximum Gasteiger partial charge on any atom is 0.303 e. The highest BCUT2D eigenvalue weighted by Gasteiger charge is 2.55. The summed E-state index contributed by atoms with van der Waals surface area (Å²) in [5.41, 5.74) is -1.46. The average Bonchev–Trinajstić information content (AvgIpc) is 0.799. The van der Waals surface area contributed by atoms with Crippen LogP contribution in [0.2, 0.25) is 0 Å². The number of hydrogen-bond acceptors (Lipinski definition) is 37. The van der Waals surface area contributed by atoms with Gasteiger partial charge in [0.2, 0.25) is 41.4 Å². The molecule has 126 heavy (non-hydrogen) atoms. The second-order valence-corrected chi connectivity index (χ2v) is 32.0. The van der Waals surface area contributed by atoms with Gasteiger partial charge in [0.1, 0.15) is 56.3 Å². The van der Waals surface area contributed by atoms with Crippen LogP contribution in [0.15, 0.2) is 0 Å². The van der Waals surface area contributed by atoms with Gasteiger partial charge in [0, 0.05) is 152 Å². The molecule has 45 heteroatoms. The highest BCUT2D eigenvalue weighted by atomic mass is 31.2. The monoisotopic (exact) mass is 1820 g/mol. The van der Waals surface area contributed by atoms with Crippen molar-refractivity contribution >= 4 is 104 Å². The summed E-state index contributed by atoms with van der Waals surface area (Å²) in [6.45, 7) is 18.9. The number of carbonyl (C=O) groups excluding carboxylic acids is 16. The highest BCUT2D eigenvalue weighted by Crippen LogP contribution is 2.49. The largest absolute Gasteiger partial charge is 0.463 e. The van der Waals surface area contributed by atoms with Crippen molar-refractivity contribution < 1.29 is 171 Å². The molecule has 0 radical (unpaired) electrons. The second-order valence-electron chi connectivity index (χ2n) is 30.6. The summed E-state index contributed by atoms with van der Waals surface area (Å²) < 4.78 is 117. The molecule has 3 heterocycles. The SMILES string of the molecule is C#CCCOP(OC1CCC(C(=O)NC(CCC(=O)NCCOCCOC2OC(COC(C)=O)C(OC(C)=O)C(OC(C)=O)C2NC(C)=O)(CCC(=O)NCCOCCOC2OC(COC(C)=O)C(OC(C)=O)C(OC(C)=O)C2NC(C)=O)CCC(=O)NCCOCCOC2OC(COC(C)=O)C(OC(C)=O)C(OC(C)=O)C2NC(C)=O)CC1)N(C(C)C)C(C)C. The van der Waals surface area contributed by atoms with E-state index in [-0.39, 0.29) is 142 Å². The molecular formula is C81H129N8O36P. The van der Waals surface area contributed by atoms with E-state index in [0.717, 1.165) is 62.3 Å². The molecule has 3 saturated heterocycles. The van der Waals surface area contributed by atoms with Gasteiger partial charge in [-0.2, -0.15) is 0 Å². The zero-order valence-corrected chi connectivity index (χ0v) is 75.6. The van der Waals surface area contributed by atoms with Gasteiger partial charge in [-0.05, 0) is 72.6 Å². The third-order valence-corrected chi connectivity index (χ3v) is 21.5. The van der Waals surface area contributed by atoms with Crippen molar-refractivity contribution in [2.24, 2.45) is 5.92 Å². The first kappa shape index (κ1) is 109. The predicted molar refractivity (Wildman–Crippen MR) is 435 cm³/mol. The predicted octanol–water partition coefficient (Wildman–Crippen LogP) is 0.559. The molecule has 7 N–H and O–H groups in total. The maximum atomic E-state index is 15.0. The van der Waals surface area contributed by atoms with E-state index < -0.39 is 227 Å². The molecule has 3 aliphatic heterocycles. The third-order valence-electron chi connectivity index (χ3n) is 19.3. The van der Waals surface area contributed by atoms with E-state index in [9.17, 15) is 71.9 Å². The summed E-state index contributed by atoms with van der Waals surface area (Å²) in [4.78, 5) is 205. The van der Waals surface area contributed by atoms with Gasteiger partial charge in [-0.25, -0.2) is 4.67 Å². The lowest BCUT2D eigenvalue weighted by Gasteiger charge is -2.44. The fraction of sp³-hybridized carbons (Fsp3) is 0.778. The van der Waals surface area contributed by atoms with Crippen LogP contribution in [0.1, 0.15) is 181 Å². The molecule has 16 unspecified atom stereocenters. The summed E-state index contributed by atoms with van der Waals surface area (Å²) >= 11 is 0.